The molecule has 0 saturated heterocycles. The third-order valence-corrected chi connectivity index (χ3v) is 3.31. The molecule has 0 atom stereocenters. The maximum Gasteiger partial charge on any atom is 0.237 e. The summed E-state index contributed by atoms with van der Waals surface area (Å²) >= 11 is 1.51. The van der Waals surface area contributed by atoms with Crippen molar-refractivity contribution in [2.75, 3.05) is 6.26 Å². The molecule has 0 heterocycles. The van der Waals surface area contributed by atoms with Gasteiger partial charge in [0.1, 0.15) is 5.82 Å². The largest absolute Gasteiger partial charge is 0.279 e. The van der Waals surface area contributed by atoms with Crippen molar-refractivity contribution >= 4 is 17.5 Å². The van der Waals surface area contributed by atoms with Gasteiger partial charge < -0.3 is 0 Å². The first kappa shape index (κ1) is 13.4. The van der Waals surface area contributed by atoms with E-state index in [0.717, 1.165) is 4.90 Å². The summed E-state index contributed by atoms with van der Waals surface area (Å²) in [6.07, 6.45) is 1.92. The van der Waals surface area contributed by atoms with E-state index in [1.54, 1.807) is 18.2 Å². The smallest absolute Gasteiger partial charge is 0.237 e. The van der Waals surface area contributed by atoms with Gasteiger partial charge >= 0.3 is 0 Å². The number of thioether (sulfide) groups is 1. The van der Waals surface area contributed by atoms with Gasteiger partial charge in [-0.3, -0.25) is 4.79 Å². The Morgan fingerprint density at radius 1 is 1.11 bits per heavy atom. The molecule has 0 aliphatic rings. The number of hydrogen-bond acceptors (Lipinski definition) is 2. The van der Waals surface area contributed by atoms with Crippen molar-refractivity contribution in [1.29, 1.82) is 0 Å². The van der Waals surface area contributed by atoms with E-state index < -0.39 is 0 Å². The fraction of sp³-hybridized carbons (Fsp3) is 0.0625. The SMILES string of the molecule is CSc1ccccc1C(=O)C#Cc1ccc(F)cc1. The van der Waals surface area contributed by atoms with Gasteiger partial charge in [0.25, 0.3) is 0 Å². The molecular weight excluding hydrogens is 259 g/mol. The Morgan fingerprint density at radius 3 is 2.47 bits per heavy atom. The van der Waals surface area contributed by atoms with Crippen molar-refractivity contribution in [3.05, 3.63) is 65.5 Å². The maximum atomic E-state index is 12.7. The summed E-state index contributed by atoms with van der Waals surface area (Å²) < 4.78 is 12.7. The molecule has 2 rings (SSSR count). The van der Waals surface area contributed by atoms with E-state index in [-0.39, 0.29) is 11.6 Å². The van der Waals surface area contributed by atoms with Crippen LogP contribution >= 0.6 is 11.8 Å². The van der Waals surface area contributed by atoms with Gasteiger partial charge in [0.2, 0.25) is 5.78 Å². The lowest BCUT2D eigenvalue weighted by Crippen LogP contribution is -1.97. The van der Waals surface area contributed by atoms with Gasteiger partial charge in [0.15, 0.2) is 0 Å². The van der Waals surface area contributed by atoms with Crippen molar-refractivity contribution < 1.29 is 9.18 Å². The molecule has 0 fully saturated rings. The number of carbonyl (C=O) groups excluding carboxylic acids is 1. The second kappa shape index (κ2) is 6.21. The lowest BCUT2D eigenvalue weighted by molar-refractivity contribution is 0.105. The van der Waals surface area contributed by atoms with E-state index in [1.165, 1.54) is 23.9 Å². The third kappa shape index (κ3) is 3.46. The third-order valence-electron chi connectivity index (χ3n) is 2.52. The minimum Gasteiger partial charge on any atom is -0.279 e. The van der Waals surface area contributed by atoms with Crippen LogP contribution in [0.1, 0.15) is 15.9 Å². The Kier molecular flexibility index (Phi) is 4.38. The van der Waals surface area contributed by atoms with Gasteiger partial charge in [0.05, 0.1) is 0 Å². The molecule has 0 N–H and O–H groups in total. The predicted octanol–water partition coefficient (Wildman–Crippen LogP) is 3.78. The summed E-state index contributed by atoms with van der Waals surface area (Å²) in [4.78, 5) is 12.9. The van der Waals surface area contributed by atoms with E-state index in [4.69, 9.17) is 0 Å². The average Bonchev–Trinajstić information content (AvgIpc) is 2.46. The maximum absolute atomic E-state index is 12.7. The van der Waals surface area contributed by atoms with Gasteiger partial charge in [-0.25, -0.2) is 4.39 Å². The molecule has 94 valence electrons. The summed E-state index contributed by atoms with van der Waals surface area (Å²) in [5, 5.41) is 0. The van der Waals surface area contributed by atoms with Crippen LogP contribution in [-0.4, -0.2) is 12.0 Å². The lowest BCUT2D eigenvalue weighted by Gasteiger charge is -2.01. The Labute approximate surface area is 115 Å². The van der Waals surface area contributed by atoms with Crippen LogP contribution in [0.15, 0.2) is 53.4 Å². The van der Waals surface area contributed by atoms with Crippen LogP contribution in [0.5, 0.6) is 0 Å². The minimum atomic E-state index is -0.315. The number of carbonyl (C=O) groups is 1. The second-order valence-electron chi connectivity index (χ2n) is 3.79. The van der Waals surface area contributed by atoms with Gasteiger partial charge in [-0.2, -0.15) is 0 Å². The zero-order valence-electron chi connectivity index (χ0n) is 10.3. The highest BCUT2D eigenvalue weighted by atomic mass is 32.2. The highest BCUT2D eigenvalue weighted by molar-refractivity contribution is 7.98. The van der Waals surface area contributed by atoms with Crippen LogP contribution in [0.3, 0.4) is 0 Å². The van der Waals surface area contributed by atoms with E-state index in [0.29, 0.717) is 11.1 Å². The summed E-state index contributed by atoms with van der Waals surface area (Å²) in [6.45, 7) is 0. The number of rotatable bonds is 2. The molecule has 2 aromatic rings. The van der Waals surface area contributed by atoms with Gasteiger partial charge in [-0.15, -0.1) is 11.8 Å². The topological polar surface area (TPSA) is 17.1 Å². The standard InChI is InChI=1S/C16H11FOS/c1-19-16-5-3-2-4-14(16)15(18)11-8-12-6-9-13(17)10-7-12/h2-7,9-10H,1H3. The number of Topliss-reactive ketones (excluding diaryl/α,β-unsaturated/α-hetero) is 1. The Morgan fingerprint density at radius 2 is 1.79 bits per heavy atom. The van der Waals surface area contributed by atoms with Crippen LogP contribution in [-0.2, 0) is 0 Å². The lowest BCUT2D eigenvalue weighted by atomic mass is 10.1. The van der Waals surface area contributed by atoms with E-state index in [1.807, 2.05) is 24.5 Å². The Bertz CT molecular complexity index is 650. The molecule has 0 amide bonds. The van der Waals surface area contributed by atoms with Crippen molar-refractivity contribution in [3.8, 4) is 11.8 Å². The first-order valence-electron chi connectivity index (χ1n) is 5.65. The number of halogens is 1. The van der Waals surface area contributed by atoms with Gasteiger partial charge in [0, 0.05) is 16.0 Å². The molecule has 0 aliphatic heterocycles. The molecule has 3 heteroatoms. The minimum absolute atomic E-state index is 0.228. The zero-order valence-corrected chi connectivity index (χ0v) is 11.1. The zero-order chi connectivity index (χ0) is 13.7. The molecule has 1 nitrogen and oxygen atoms in total. The van der Waals surface area contributed by atoms with Crippen molar-refractivity contribution in [2.24, 2.45) is 0 Å². The van der Waals surface area contributed by atoms with E-state index >= 15 is 0 Å². The first-order chi connectivity index (χ1) is 9.20. The monoisotopic (exact) mass is 270 g/mol. The molecule has 0 radical (unpaired) electrons. The summed E-state index contributed by atoms with van der Waals surface area (Å²) in [5.74, 6) is 4.79. The molecule has 0 aliphatic carbocycles. The summed E-state index contributed by atoms with van der Waals surface area (Å²) in [6, 6.07) is 13.1. The molecule has 0 saturated carbocycles. The van der Waals surface area contributed by atoms with Crippen molar-refractivity contribution in [2.45, 2.75) is 4.90 Å². The molecule has 19 heavy (non-hydrogen) atoms. The van der Waals surface area contributed by atoms with Crippen LogP contribution in [0.25, 0.3) is 0 Å². The quantitative estimate of drug-likeness (QED) is 0.469. The Hall–Kier alpha value is -2.05. The molecule has 0 aromatic heterocycles. The molecule has 2 aromatic carbocycles. The fourth-order valence-electron chi connectivity index (χ4n) is 1.56. The molecule has 0 spiro atoms. The Balaban J connectivity index is 2.24. The van der Waals surface area contributed by atoms with Crippen LogP contribution in [0, 0.1) is 17.7 Å². The number of ketones is 1. The predicted molar refractivity (Wildman–Crippen MR) is 75.8 cm³/mol. The normalized spacial score (nSPS) is 9.58. The number of benzene rings is 2. The highest BCUT2D eigenvalue weighted by Crippen LogP contribution is 2.19. The van der Waals surface area contributed by atoms with Crippen molar-refractivity contribution in [1.82, 2.24) is 0 Å². The second-order valence-corrected chi connectivity index (χ2v) is 4.63. The molecule has 0 bridgehead atoms. The van der Waals surface area contributed by atoms with Crippen molar-refractivity contribution in [3.63, 3.8) is 0 Å². The van der Waals surface area contributed by atoms with Crippen LogP contribution in [0.4, 0.5) is 4.39 Å². The van der Waals surface area contributed by atoms with E-state index in [9.17, 15) is 9.18 Å². The summed E-state index contributed by atoms with van der Waals surface area (Å²) in [5.41, 5.74) is 1.22. The first-order valence-corrected chi connectivity index (χ1v) is 6.88. The molecule has 0 unspecified atom stereocenters. The van der Waals surface area contributed by atoms with Gasteiger partial charge in [-0.1, -0.05) is 18.1 Å². The van der Waals surface area contributed by atoms with Gasteiger partial charge in [-0.05, 0) is 48.6 Å². The average molecular weight is 270 g/mol. The number of hydrogen-bond donors (Lipinski definition) is 0. The highest BCUT2D eigenvalue weighted by Gasteiger charge is 2.07. The molecular formula is C16H11FOS. The van der Waals surface area contributed by atoms with E-state index in [2.05, 4.69) is 11.8 Å². The van der Waals surface area contributed by atoms with Crippen LogP contribution < -0.4 is 0 Å². The summed E-state index contributed by atoms with van der Waals surface area (Å²) in [7, 11) is 0. The fourth-order valence-corrected chi connectivity index (χ4v) is 2.16. The van der Waals surface area contributed by atoms with Crippen LogP contribution in [0.2, 0.25) is 0 Å².